The van der Waals surface area contributed by atoms with Crippen molar-refractivity contribution in [2.75, 3.05) is 57.1 Å². The van der Waals surface area contributed by atoms with E-state index in [2.05, 4.69) is 58.5 Å². The topological polar surface area (TPSA) is 174 Å². The zero-order valence-corrected chi connectivity index (χ0v) is 32.8. The first-order valence-electron chi connectivity index (χ1n) is 17.4. The van der Waals surface area contributed by atoms with Crippen LogP contribution in [0.15, 0.2) is 36.5 Å². The van der Waals surface area contributed by atoms with Gasteiger partial charge in [0, 0.05) is 18.7 Å². The van der Waals surface area contributed by atoms with Crippen molar-refractivity contribution in [2.45, 2.75) is 79.1 Å². The largest absolute Gasteiger partial charge is 0.492 e. The van der Waals surface area contributed by atoms with Gasteiger partial charge in [-0.1, -0.05) is 65.2 Å². The summed E-state index contributed by atoms with van der Waals surface area (Å²) in [6.45, 7) is 14.6. The number of sulfonamides is 1. The molecule has 0 radical (unpaired) electrons. The lowest BCUT2D eigenvalue weighted by molar-refractivity contribution is 0.0937. The molecule has 2 amide bonds. The summed E-state index contributed by atoms with van der Waals surface area (Å²) in [5, 5.41) is 14.1. The number of aryl methyl sites for hydroxylation is 1. The summed E-state index contributed by atoms with van der Waals surface area (Å²) in [5.74, 6) is -0.0235. The number of nitrogens with zero attached hydrogens (tertiary/aromatic N) is 4. The number of hydrogen-bond donors (Lipinski definition) is 4. The fourth-order valence-electron chi connectivity index (χ4n) is 5.97. The second-order valence-corrected chi connectivity index (χ2v) is 17.3. The van der Waals surface area contributed by atoms with Crippen LogP contribution in [-0.4, -0.2) is 87.2 Å². The van der Waals surface area contributed by atoms with Gasteiger partial charge < -0.3 is 26.0 Å². The standard InChI is InChI=1S/C30H40N6O5S.C7H18N2/c1-19-12-13-21(14-26(19)36-18-25(33-35-36)29(38)31-17-20-10-8-7-9-11-20)28(37)32-23-15-22(30(2,3)4)16-24(27(23)41-5)34-42(6,39)40;1-7(2,5-8)6-9(3)4/h12-16,18,20,34H,7-11,17H2,1-6H3,(H,31,38)(H,32,37);5-6,8H2,1-4H3. The van der Waals surface area contributed by atoms with Crippen LogP contribution in [0.1, 0.15) is 98.7 Å². The van der Waals surface area contributed by atoms with Crippen LogP contribution in [-0.2, 0) is 15.4 Å². The maximum Gasteiger partial charge on any atom is 0.273 e. The molecule has 5 N–H and O–H groups in total. The van der Waals surface area contributed by atoms with Gasteiger partial charge in [-0.2, -0.15) is 0 Å². The second-order valence-electron chi connectivity index (χ2n) is 15.6. The number of aromatic nitrogens is 3. The molecule has 3 aromatic rings. The molecule has 0 unspecified atom stereocenters. The molecule has 1 aliphatic rings. The highest BCUT2D eigenvalue weighted by Gasteiger charge is 2.23. The number of rotatable bonds is 12. The molecule has 1 aromatic heterocycles. The van der Waals surface area contributed by atoms with E-state index in [1.54, 1.807) is 36.5 Å². The van der Waals surface area contributed by atoms with Crippen molar-refractivity contribution in [1.29, 1.82) is 0 Å². The number of amides is 2. The van der Waals surface area contributed by atoms with Crippen LogP contribution in [0.5, 0.6) is 5.75 Å². The Hall–Kier alpha value is -4.01. The van der Waals surface area contributed by atoms with E-state index in [-0.39, 0.29) is 33.9 Å². The summed E-state index contributed by atoms with van der Waals surface area (Å²) in [4.78, 5) is 28.4. The van der Waals surface area contributed by atoms with E-state index in [0.717, 1.165) is 43.3 Å². The predicted octanol–water partition coefficient (Wildman–Crippen LogP) is 5.35. The molecule has 1 aliphatic carbocycles. The van der Waals surface area contributed by atoms with Crippen LogP contribution < -0.4 is 25.8 Å². The molecule has 14 heteroatoms. The Morgan fingerprint density at radius 2 is 1.67 bits per heavy atom. The first-order chi connectivity index (χ1) is 23.7. The van der Waals surface area contributed by atoms with E-state index >= 15 is 0 Å². The third kappa shape index (κ3) is 12.6. The molecule has 0 atom stereocenters. The van der Waals surface area contributed by atoms with Crippen molar-refractivity contribution in [1.82, 2.24) is 25.2 Å². The SMILES string of the molecule is CN(C)CC(C)(C)CN.COc1c(NC(=O)c2ccc(C)c(-n3cc(C(=O)NCC4CCCCC4)nn3)c2)cc(C(C)(C)C)cc1NS(C)(=O)=O. The Kier molecular flexibility index (Phi) is 14.2. The molecule has 2 aromatic carbocycles. The molecule has 51 heavy (non-hydrogen) atoms. The molecule has 0 bridgehead atoms. The number of hydrogen-bond acceptors (Lipinski definition) is 9. The lowest BCUT2D eigenvalue weighted by Crippen LogP contribution is -2.34. The summed E-state index contributed by atoms with van der Waals surface area (Å²) in [5.41, 5.74) is 8.75. The summed E-state index contributed by atoms with van der Waals surface area (Å²) >= 11 is 0. The number of carbonyl (C=O) groups is 2. The van der Waals surface area contributed by atoms with E-state index in [4.69, 9.17) is 10.5 Å². The molecule has 4 rings (SSSR count). The van der Waals surface area contributed by atoms with Gasteiger partial charge in [-0.15, -0.1) is 5.10 Å². The van der Waals surface area contributed by atoms with Gasteiger partial charge in [0.05, 0.1) is 36.6 Å². The molecule has 1 saturated carbocycles. The van der Waals surface area contributed by atoms with Crippen molar-refractivity contribution in [3.63, 3.8) is 0 Å². The van der Waals surface area contributed by atoms with Gasteiger partial charge in [0.25, 0.3) is 11.8 Å². The van der Waals surface area contributed by atoms with Crippen molar-refractivity contribution in [3.8, 4) is 11.4 Å². The summed E-state index contributed by atoms with van der Waals surface area (Å²) in [6.07, 6.45) is 8.53. The monoisotopic (exact) mass is 726 g/mol. The van der Waals surface area contributed by atoms with Crippen molar-refractivity contribution in [2.24, 2.45) is 17.1 Å². The molecule has 13 nitrogen and oxygen atoms in total. The van der Waals surface area contributed by atoms with E-state index in [1.807, 2.05) is 27.7 Å². The van der Waals surface area contributed by atoms with Gasteiger partial charge in [0.2, 0.25) is 10.0 Å². The highest BCUT2D eigenvalue weighted by atomic mass is 32.2. The van der Waals surface area contributed by atoms with Crippen molar-refractivity contribution < 1.29 is 22.7 Å². The third-order valence-corrected chi connectivity index (χ3v) is 9.31. The average Bonchev–Trinajstić information content (AvgIpc) is 3.53. The predicted molar refractivity (Wildman–Crippen MR) is 205 cm³/mol. The van der Waals surface area contributed by atoms with E-state index in [9.17, 15) is 18.0 Å². The van der Waals surface area contributed by atoms with Crippen LogP contribution in [0.25, 0.3) is 5.69 Å². The van der Waals surface area contributed by atoms with Gasteiger partial charge >= 0.3 is 0 Å². The quantitative estimate of drug-likeness (QED) is 0.192. The summed E-state index contributed by atoms with van der Waals surface area (Å²) in [6, 6.07) is 8.60. The first kappa shape index (κ1) is 41.4. The number of nitrogens with two attached hydrogens (primary N) is 1. The highest BCUT2D eigenvalue weighted by Crippen LogP contribution is 2.39. The molecular formula is C37H58N8O5S. The fraction of sp³-hybridized carbons (Fsp3) is 0.568. The van der Waals surface area contributed by atoms with Crippen molar-refractivity contribution >= 4 is 33.2 Å². The van der Waals surface area contributed by atoms with Gasteiger partial charge in [0.15, 0.2) is 11.4 Å². The summed E-state index contributed by atoms with van der Waals surface area (Å²) < 4.78 is 33.6. The fourth-order valence-corrected chi connectivity index (χ4v) is 6.52. The molecule has 282 valence electrons. The third-order valence-electron chi connectivity index (χ3n) is 8.72. The maximum absolute atomic E-state index is 13.5. The van der Waals surface area contributed by atoms with E-state index in [0.29, 0.717) is 29.4 Å². The molecule has 0 saturated heterocycles. The van der Waals surface area contributed by atoms with Crippen LogP contribution in [0.2, 0.25) is 0 Å². The number of carbonyl (C=O) groups excluding carboxylic acids is 2. The van der Waals surface area contributed by atoms with E-state index in [1.165, 1.54) is 31.1 Å². The number of nitrogens with one attached hydrogen (secondary N) is 3. The molecule has 1 heterocycles. The Labute approximate surface area is 304 Å². The minimum Gasteiger partial charge on any atom is -0.492 e. The summed E-state index contributed by atoms with van der Waals surface area (Å²) in [7, 11) is 1.93. The molecular weight excluding hydrogens is 669 g/mol. The van der Waals surface area contributed by atoms with Gasteiger partial charge in [-0.25, -0.2) is 13.1 Å². The Balaban J connectivity index is 0.000000688. The van der Waals surface area contributed by atoms with Crippen LogP contribution in [0.3, 0.4) is 0 Å². The molecule has 1 fully saturated rings. The zero-order valence-electron chi connectivity index (χ0n) is 32.0. The zero-order chi connectivity index (χ0) is 38.1. The number of anilines is 2. The molecule has 0 aliphatic heterocycles. The van der Waals surface area contributed by atoms with E-state index < -0.39 is 15.9 Å². The first-order valence-corrected chi connectivity index (χ1v) is 19.3. The highest BCUT2D eigenvalue weighted by molar-refractivity contribution is 7.92. The van der Waals surface area contributed by atoms with Crippen LogP contribution >= 0.6 is 0 Å². The number of ether oxygens (including phenoxy) is 1. The molecule has 0 spiro atoms. The lowest BCUT2D eigenvalue weighted by atomic mass is 9.86. The number of benzene rings is 2. The minimum absolute atomic E-state index is 0.189. The lowest BCUT2D eigenvalue weighted by Gasteiger charge is -2.26. The Morgan fingerprint density at radius 1 is 1.02 bits per heavy atom. The maximum atomic E-state index is 13.5. The van der Waals surface area contributed by atoms with Gasteiger partial charge in [-0.05, 0) is 92.5 Å². The second kappa shape index (κ2) is 17.5. The Bertz CT molecular complexity index is 1760. The smallest absolute Gasteiger partial charge is 0.273 e. The Morgan fingerprint density at radius 3 is 2.22 bits per heavy atom. The average molecular weight is 727 g/mol. The van der Waals surface area contributed by atoms with Crippen molar-refractivity contribution in [3.05, 3.63) is 58.9 Å². The van der Waals surface area contributed by atoms with Crippen LogP contribution in [0, 0.1) is 18.3 Å². The van der Waals surface area contributed by atoms with Gasteiger partial charge in [0.1, 0.15) is 0 Å². The normalized spacial score (nSPS) is 14.0. The number of methoxy groups -OCH3 is 1. The van der Waals surface area contributed by atoms with Gasteiger partial charge in [-0.3, -0.25) is 14.3 Å². The van der Waals surface area contributed by atoms with Crippen LogP contribution in [0.4, 0.5) is 11.4 Å². The minimum atomic E-state index is -3.61.